The van der Waals surface area contributed by atoms with Gasteiger partial charge in [0.1, 0.15) is 17.1 Å². The standard InChI is InChI=1S/C30H36O5Si/c1-29(2,3)36(22-12-8-6-9-13-22,23-14-10-7-11-15-23)33-20-21-16-24(32-5)28-25(17-21)35-30(4)18-26(28)34-27(31)19-30/h6-17,26-27,31H,18-20H2,1-5H3/t26-,27-,30-/m1/s1. The zero-order valence-corrected chi connectivity index (χ0v) is 22.8. The molecule has 5 rings (SSSR count). The number of rotatable bonds is 6. The molecule has 0 radical (unpaired) electrons. The minimum absolute atomic E-state index is 0.112. The molecule has 3 aromatic carbocycles. The highest BCUT2D eigenvalue weighted by atomic mass is 28.4. The molecular formula is C30H36O5Si. The molecule has 0 aliphatic carbocycles. The summed E-state index contributed by atoms with van der Waals surface area (Å²) in [5, 5.41) is 12.6. The Morgan fingerprint density at radius 1 is 0.972 bits per heavy atom. The highest BCUT2D eigenvalue weighted by molar-refractivity contribution is 6.99. The number of ether oxygens (including phenoxy) is 3. The average molecular weight is 505 g/mol. The first kappa shape index (κ1) is 25.0. The van der Waals surface area contributed by atoms with E-state index in [0.29, 0.717) is 25.2 Å². The molecular weight excluding hydrogens is 468 g/mol. The topological polar surface area (TPSA) is 57.2 Å². The van der Waals surface area contributed by atoms with Crippen LogP contribution in [0.2, 0.25) is 5.04 Å². The summed E-state index contributed by atoms with van der Waals surface area (Å²) in [6, 6.07) is 25.4. The SMILES string of the molecule is COc1cc(CO[Si](c2ccccc2)(c2ccccc2)C(C)(C)C)cc2c1[C@H]1C[C@](C)(C[C@H](O)O1)O2. The summed E-state index contributed by atoms with van der Waals surface area (Å²) in [6.07, 6.45) is 0.0215. The van der Waals surface area contributed by atoms with Gasteiger partial charge >= 0.3 is 0 Å². The number of hydrogen-bond acceptors (Lipinski definition) is 5. The Balaban J connectivity index is 1.56. The lowest BCUT2D eigenvalue weighted by atomic mass is 9.84. The minimum Gasteiger partial charge on any atom is -0.496 e. The van der Waals surface area contributed by atoms with Gasteiger partial charge in [-0.15, -0.1) is 0 Å². The van der Waals surface area contributed by atoms with Gasteiger partial charge in [0.2, 0.25) is 0 Å². The van der Waals surface area contributed by atoms with Gasteiger partial charge < -0.3 is 23.7 Å². The normalized spacial score (nSPS) is 23.5. The first-order valence-corrected chi connectivity index (χ1v) is 14.5. The van der Waals surface area contributed by atoms with Crippen LogP contribution in [0.3, 0.4) is 0 Å². The van der Waals surface area contributed by atoms with Gasteiger partial charge in [0.15, 0.2) is 6.29 Å². The maximum atomic E-state index is 10.2. The van der Waals surface area contributed by atoms with Crippen molar-refractivity contribution in [3.8, 4) is 11.5 Å². The highest BCUT2D eigenvalue weighted by Crippen LogP contribution is 2.51. The molecule has 2 aliphatic rings. The van der Waals surface area contributed by atoms with Crippen LogP contribution in [-0.2, 0) is 15.8 Å². The molecule has 36 heavy (non-hydrogen) atoms. The monoisotopic (exact) mass is 504 g/mol. The van der Waals surface area contributed by atoms with E-state index in [2.05, 4.69) is 87.5 Å². The molecule has 1 fully saturated rings. The lowest BCUT2D eigenvalue weighted by molar-refractivity contribution is -0.220. The van der Waals surface area contributed by atoms with Crippen molar-refractivity contribution >= 4 is 18.7 Å². The van der Waals surface area contributed by atoms with Crippen LogP contribution in [0.1, 0.15) is 57.8 Å². The van der Waals surface area contributed by atoms with E-state index in [0.717, 1.165) is 16.9 Å². The maximum Gasteiger partial charge on any atom is 0.261 e. The second-order valence-electron chi connectivity index (χ2n) is 11.2. The van der Waals surface area contributed by atoms with Crippen molar-refractivity contribution in [3.63, 3.8) is 0 Å². The lowest BCUT2D eigenvalue weighted by Gasteiger charge is -2.46. The first-order valence-electron chi connectivity index (χ1n) is 12.6. The molecule has 2 aliphatic heterocycles. The Labute approximate surface area is 215 Å². The molecule has 1 N–H and O–H groups in total. The largest absolute Gasteiger partial charge is 0.496 e. The summed E-state index contributed by atoms with van der Waals surface area (Å²) in [5.41, 5.74) is 1.38. The second-order valence-corrected chi connectivity index (χ2v) is 15.5. The van der Waals surface area contributed by atoms with E-state index in [-0.39, 0.29) is 11.1 Å². The van der Waals surface area contributed by atoms with E-state index in [1.165, 1.54) is 10.4 Å². The summed E-state index contributed by atoms with van der Waals surface area (Å²) in [6.45, 7) is 9.29. The van der Waals surface area contributed by atoms with Crippen molar-refractivity contribution in [2.75, 3.05) is 7.11 Å². The van der Waals surface area contributed by atoms with Crippen molar-refractivity contribution < 1.29 is 23.7 Å². The van der Waals surface area contributed by atoms with Crippen LogP contribution in [0, 0.1) is 0 Å². The molecule has 0 unspecified atom stereocenters. The van der Waals surface area contributed by atoms with Crippen LogP contribution in [0.5, 0.6) is 11.5 Å². The first-order chi connectivity index (χ1) is 17.1. The zero-order valence-electron chi connectivity index (χ0n) is 21.8. The third kappa shape index (κ3) is 4.37. The second kappa shape index (κ2) is 9.34. The van der Waals surface area contributed by atoms with Gasteiger partial charge in [0.25, 0.3) is 8.32 Å². The lowest BCUT2D eigenvalue weighted by Crippen LogP contribution is -2.66. The van der Waals surface area contributed by atoms with Crippen molar-refractivity contribution in [1.82, 2.24) is 0 Å². The molecule has 190 valence electrons. The van der Waals surface area contributed by atoms with Gasteiger partial charge in [-0.1, -0.05) is 81.4 Å². The molecule has 5 nitrogen and oxygen atoms in total. The Morgan fingerprint density at radius 2 is 1.58 bits per heavy atom. The molecule has 6 heteroatoms. The van der Waals surface area contributed by atoms with Crippen LogP contribution < -0.4 is 19.8 Å². The number of methoxy groups -OCH3 is 1. The molecule has 0 spiro atoms. The molecule has 0 aromatic heterocycles. The van der Waals surface area contributed by atoms with Crippen LogP contribution in [-0.4, -0.2) is 32.4 Å². The van der Waals surface area contributed by atoms with E-state index in [9.17, 15) is 5.11 Å². The van der Waals surface area contributed by atoms with Crippen molar-refractivity contribution in [2.24, 2.45) is 0 Å². The van der Waals surface area contributed by atoms with Gasteiger partial charge in [-0.2, -0.15) is 0 Å². The summed E-state index contributed by atoms with van der Waals surface area (Å²) in [4.78, 5) is 0. The predicted octanol–water partition coefficient (Wildman–Crippen LogP) is 5.09. The Hall–Kier alpha value is -2.64. The molecule has 0 amide bonds. The molecule has 1 saturated heterocycles. The minimum atomic E-state index is -2.68. The fourth-order valence-electron chi connectivity index (χ4n) is 5.91. The Kier molecular flexibility index (Phi) is 6.49. The maximum absolute atomic E-state index is 10.2. The fraction of sp³-hybridized carbons (Fsp3) is 0.400. The summed E-state index contributed by atoms with van der Waals surface area (Å²) in [5.74, 6) is 1.45. The highest BCUT2D eigenvalue weighted by Gasteiger charge is 2.50. The number of fused-ring (bicyclic) bond motifs is 4. The van der Waals surface area contributed by atoms with E-state index in [4.69, 9.17) is 18.6 Å². The summed E-state index contributed by atoms with van der Waals surface area (Å²) in [7, 11) is -1.02. The van der Waals surface area contributed by atoms with Crippen LogP contribution >= 0.6 is 0 Å². The van der Waals surface area contributed by atoms with Gasteiger partial charge in [-0.05, 0) is 40.0 Å². The van der Waals surface area contributed by atoms with E-state index in [1.807, 2.05) is 13.0 Å². The Morgan fingerprint density at radius 3 is 2.14 bits per heavy atom. The van der Waals surface area contributed by atoms with Gasteiger partial charge in [-0.25, -0.2) is 0 Å². The van der Waals surface area contributed by atoms with Gasteiger partial charge in [0, 0.05) is 12.8 Å². The molecule has 3 aromatic rings. The third-order valence-electron chi connectivity index (χ3n) is 7.48. The van der Waals surface area contributed by atoms with Crippen molar-refractivity contribution in [2.45, 2.75) is 70.2 Å². The van der Waals surface area contributed by atoms with E-state index < -0.39 is 20.2 Å². The number of aliphatic hydroxyl groups excluding tert-OH is 1. The molecule has 2 bridgehead atoms. The van der Waals surface area contributed by atoms with E-state index >= 15 is 0 Å². The van der Waals surface area contributed by atoms with E-state index in [1.54, 1.807) is 7.11 Å². The average Bonchev–Trinajstić information content (AvgIpc) is 2.83. The smallest absolute Gasteiger partial charge is 0.261 e. The Bertz CT molecular complexity index is 1170. The van der Waals surface area contributed by atoms with Crippen molar-refractivity contribution in [1.29, 1.82) is 0 Å². The number of aliphatic hydroxyl groups is 1. The molecule has 0 saturated carbocycles. The number of benzene rings is 3. The molecule has 2 heterocycles. The van der Waals surface area contributed by atoms with Crippen LogP contribution in [0.15, 0.2) is 72.8 Å². The predicted molar refractivity (Wildman–Crippen MR) is 144 cm³/mol. The fourth-order valence-corrected chi connectivity index (χ4v) is 10.5. The van der Waals surface area contributed by atoms with Crippen LogP contribution in [0.4, 0.5) is 0 Å². The molecule has 3 atom stereocenters. The van der Waals surface area contributed by atoms with Crippen molar-refractivity contribution in [3.05, 3.63) is 83.9 Å². The van der Waals surface area contributed by atoms with Gasteiger partial charge in [-0.3, -0.25) is 0 Å². The van der Waals surface area contributed by atoms with Gasteiger partial charge in [0.05, 0.1) is 25.4 Å². The van der Waals surface area contributed by atoms with Crippen LogP contribution in [0.25, 0.3) is 0 Å². The number of hydrogen-bond donors (Lipinski definition) is 1. The summed E-state index contributed by atoms with van der Waals surface area (Å²) >= 11 is 0. The third-order valence-corrected chi connectivity index (χ3v) is 12.5. The quantitative estimate of drug-likeness (QED) is 0.474. The summed E-state index contributed by atoms with van der Waals surface area (Å²) < 4.78 is 25.3. The zero-order chi connectivity index (χ0) is 25.6.